The molecule has 0 saturated carbocycles. The van der Waals surface area contributed by atoms with Gasteiger partial charge in [-0.25, -0.2) is 0 Å². The molecule has 0 aliphatic carbocycles. The molecule has 0 amide bonds. The maximum atomic E-state index is 11.8. The molecule has 0 bridgehead atoms. The van der Waals surface area contributed by atoms with E-state index in [4.69, 9.17) is 0 Å². The van der Waals surface area contributed by atoms with E-state index >= 15 is 0 Å². The first-order chi connectivity index (χ1) is 7.51. The number of nitrogens with one attached hydrogen (secondary N) is 1. The molecule has 0 unspecified atom stereocenters. The third-order valence-electron chi connectivity index (χ3n) is 2.02. The van der Waals surface area contributed by atoms with Gasteiger partial charge in [0.25, 0.3) is 0 Å². The van der Waals surface area contributed by atoms with Crippen LogP contribution in [0.4, 0.5) is 5.69 Å². The summed E-state index contributed by atoms with van der Waals surface area (Å²) < 4.78 is 27.2. The average Bonchev–Trinajstić information content (AvgIpc) is 2.18. The Morgan fingerprint density at radius 1 is 1.38 bits per heavy atom. The molecule has 16 heavy (non-hydrogen) atoms. The lowest BCUT2D eigenvalue weighted by Crippen LogP contribution is -2.40. The first-order valence-corrected chi connectivity index (χ1v) is 6.51. The Kier molecular flexibility index (Phi) is 4.14. The minimum atomic E-state index is -3.52. The highest BCUT2D eigenvalue weighted by atomic mass is 32.2. The lowest BCUT2D eigenvalue weighted by molar-refractivity contribution is 0.475. The second kappa shape index (κ2) is 5.18. The fraction of sp³-hybridized carbons (Fsp3) is 0.400. The van der Waals surface area contributed by atoms with Gasteiger partial charge in [-0.15, -0.1) is 0 Å². The SMILES string of the molecule is CCNS(=O)(=O)N(CC)c1cccc(O)c1. The largest absolute Gasteiger partial charge is 0.508 e. The molecule has 0 spiro atoms. The van der Waals surface area contributed by atoms with Crippen LogP contribution in [-0.2, 0) is 10.2 Å². The number of phenols is 1. The van der Waals surface area contributed by atoms with Gasteiger partial charge in [-0.1, -0.05) is 13.0 Å². The fourth-order valence-corrected chi connectivity index (χ4v) is 2.65. The summed E-state index contributed by atoms with van der Waals surface area (Å²) in [6.07, 6.45) is 0. The standard InChI is InChI=1S/C10H16N2O3S/c1-3-11-16(14,15)12(4-2)9-6-5-7-10(13)8-9/h5-8,11,13H,3-4H2,1-2H3. The topological polar surface area (TPSA) is 69.6 Å². The van der Waals surface area contributed by atoms with Crippen LogP contribution in [0.5, 0.6) is 5.75 Å². The van der Waals surface area contributed by atoms with E-state index in [2.05, 4.69) is 4.72 Å². The van der Waals surface area contributed by atoms with Gasteiger partial charge in [-0.3, -0.25) is 4.31 Å². The molecule has 1 aromatic carbocycles. The van der Waals surface area contributed by atoms with Crippen molar-refractivity contribution in [1.29, 1.82) is 0 Å². The van der Waals surface area contributed by atoms with E-state index in [0.29, 0.717) is 18.8 Å². The number of hydrogen-bond acceptors (Lipinski definition) is 3. The van der Waals surface area contributed by atoms with Crippen molar-refractivity contribution in [3.8, 4) is 5.75 Å². The number of nitrogens with zero attached hydrogens (tertiary/aromatic N) is 1. The van der Waals surface area contributed by atoms with Crippen molar-refractivity contribution in [3.63, 3.8) is 0 Å². The highest BCUT2D eigenvalue weighted by molar-refractivity contribution is 7.90. The Bertz CT molecular complexity index is 445. The van der Waals surface area contributed by atoms with Crippen molar-refractivity contribution in [2.24, 2.45) is 0 Å². The molecule has 0 aromatic heterocycles. The third-order valence-corrected chi connectivity index (χ3v) is 3.72. The van der Waals surface area contributed by atoms with Crippen molar-refractivity contribution in [2.75, 3.05) is 17.4 Å². The second-order valence-electron chi connectivity index (χ2n) is 3.19. The van der Waals surface area contributed by atoms with Crippen LogP contribution in [0.15, 0.2) is 24.3 Å². The molecule has 6 heteroatoms. The summed E-state index contributed by atoms with van der Waals surface area (Å²) >= 11 is 0. The average molecular weight is 244 g/mol. The zero-order valence-electron chi connectivity index (χ0n) is 9.34. The number of rotatable bonds is 5. The van der Waals surface area contributed by atoms with Gasteiger partial charge in [0, 0.05) is 19.2 Å². The van der Waals surface area contributed by atoms with Crippen molar-refractivity contribution in [2.45, 2.75) is 13.8 Å². The summed E-state index contributed by atoms with van der Waals surface area (Å²) in [6, 6.07) is 6.16. The van der Waals surface area contributed by atoms with Gasteiger partial charge in [-0.2, -0.15) is 13.1 Å². The Morgan fingerprint density at radius 2 is 2.06 bits per heavy atom. The highest BCUT2D eigenvalue weighted by Crippen LogP contribution is 2.21. The summed E-state index contributed by atoms with van der Waals surface area (Å²) in [7, 11) is -3.52. The number of benzene rings is 1. The number of aromatic hydroxyl groups is 1. The molecule has 0 atom stereocenters. The second-order valence-corrected chi connectivity index (χ2v) is 4.87. The molecule has 0 radical (unpaired) electrons. The molecule has 90 valence electrons. The van der Waals surface area contributed by atoms with Gasteiger partial charge in [0.1, 0.15) is 5.75 Å². The van der Waals surface area contributed by atoms with Crippen LogP contribution in [0.3, 0.4) is 0 Å². The lowest BCUT2D eigenvalue weighted by atomic mass is 10.3. The number of anilines is 1. The van der Waals surface area contributed by atoms with Gasteiger partial charge < -0.3 is 5.11 Å². The van der Waals surface area contributed by atoms with Crippen molar-refractivity contribution in [1.82, 2.24) is 4.72 Å². The first kappa shape index (κ1) is 12.8. The van der Waals surface area contributed by atoms with Gasteiger partial charge in [0.15, 0.2) is 0 Å². The third kappa shape index (κ3) is 2.86. The molecule has 2 N–H and O–H groups in total. The maximum Gasteiger partial charge on any atom is 0.301 e. The van der Waals surface area contributed by atoms with Crippen molar-refractivity contribution in [3.05, 3.63) is 24.3 Å². The van der Waals surface area contributed by atoms with Crippen molar-refractivity contribution < 1.29 is 13.5 Å². The van der Waals surface area contributed by atoms with E-state index in [-0.39, 0.29) is 5.75 Å². The quantitative estimate of drug-likeness (QED) is 0.814. The summed E-state index contributed by atoms with van der Waals surface area (Å²) in [5.74, 6) is 0.0441. The zero-order valence-corrected chi connectivity index (χ0v) is 10.2. The van der Waals surface area contributed by atoms with Crippen LogP contribution >= 0.6 is 0 Å². The minimum Gasteiger partial charge on any atom is -0.508 e. The van der Waals surface area contributed by atoms with E-state index in [1.165, 1.54) is 16.4 Å². The molecule has 0 heterocycles. The molecule has 5 nitrogen and oxygen atoms in total. The predicted molar refractivity (Wildman–Crippen MR) is 63.7 cm³/mol. The van der Waals surface area contributed by atoms with Crippen LogP contribution in [-0.4, -0.2) is 26.6 Å². The summed E-state index contributed by atoms with van der Waals surface area (Å²) in [6.45, 7) is 4.09. The van der Waals surface area contributed by atoms with Crippen LogP contribution in [0.1, 0.15) is 13.8 Å². The summed E-state index contributed by atoms with van der Waals surface area (Å²) in [5.41, 5.74) is 0.448. The van der Waals surface area contributed by atoms with Gasteiger partial charge in [0.2, 0.25) is 0 Å². The Labute approximate surface area is 95.9 Å². The minimum absolute atomic E-state index is 0.0441. The van der Waals surface area contributed by atoms with E-state index in [1.807, 2.05) is 0 Å². The van der Waals surface area contributed by atoms with Crippen LogP contribution in [0.2, 0.25) is 0 Å². The molecule has 0 aliphatic heterocycles. The molecule has 1 rings (SSSR count). The van der Waals surface area contributed by atoms with E-state index < -0.39 is 10.2 Å². The van der Waals surface area contributed by atoms with Crippen LogP contribution in [0, 0.1) is 0 Å². The van der Waals surface area contributed by atoms with Crippen LogP contribution < -0.4 is 9.03 Å². The molecule has 0 saturated heterocycles. The lowest BCUT2D eigenvalue weighted by Gasteiger charge is -2.22. The van der Waals surface area contributed by atoms with Gasteiger partial charge in [-0.05, 0) is 19.1 Å². The summed E-state index contributed by atoms with van der Waals surface area (Å²) in [5, 5.41) is 9.31. The summed E-state index contributed by atoms with van der Waals surface area (Å²) in [4.78, 5) is 0. The van der Waals surface area contributed by atoms with Gasteiger partial charge in [0.05, 0.1) is 5.69 Å². The van der Waals surface area contributed by atoms with E-state index in [0.717, 1.165) is 0 Å². The number of phenolic OH excluding ortho intramolecular Hbond substituents is 1. The Hall–Kier alpha value is -1.27. The smallest absolute Gasteiger partial charge is 0.301 e. The molecule has 1 aromatic rings. The molecule has 0 fully saturated rings. The fourth-order valence-electron chi connectivity index (χ4n) is 1.40. The number of hydrogen-bond donors (Lipinski definition) is 2. The monoisotopic (exact) mass is 244 g/mol. The molecular weight excluding hydrogens is 228 g/mol. The molecule has 0 aliphatic rings. The van der Waals surface area contributed by atoms with Crippen LogP contribution in [0.25, 0.3) is 0 Å². The highest BCUT2D eigenvalue weighted by Gasteiger charge is 2.19. The Morgan fingerprint density at radius 3 is 2.56 bits per heavy atom. The van der Waals surface area contributed by atoms with E-state index in [9.17, 15) is 13.5 Å². The normalized spacial score (nSPS) is 11.4. The zero-order chi connectivity index (χ0) is 12.2. The maximum absolute atomic E-state index is 11.8. The Balaban J connectivity index is 3.08. The van der Waals surface area contributed by atoms with E-state index in [1.54, 1.807) is 26.0 Å². The van der Waals surface area contributed by atoms with Gasteiger partial charge >= 0.3 is 10.2 Å². The molecular formula is C10H16N2O3S. The van der Waals surface area contributed by atoms with Crippen molar-refractivity contribution >= 4 is 15.9 Å². The predicted octanol–water partition coefficient (Wildman–Crippen LogP) is 1.07. The first-order valence-electron chi connectivity index (χ1n) is 5.07.